The second-order valence-corrected chi connectivity index (χ2v) is 5.06. The molecule has 2 unspecified atom stereocenters. The van der Waals surface area contributed by atoms with Crippen LogP contribution in [-0.4, -0.2) is 65.3 Å². The summed E-state index contributed by atoms with van der Waals surface area (Å²) in [6.45, 7) is 2.20. The molecule has 106 valence electrons. The number of hydrogen-bond donors (Lipinski definition) is 3. The highest BCUT2D eigenvalue weighted by molar-refractivity contribution is 4.83. The van der Waals surface area contributed by atoms with Gasteiger partial charge in [-0.05, 0) is 19.8 Å². The van der Waals surface area contributed by atoms with Crippen LogP contribution in [0, 0.1) is 0 Å². The predicted molar refractivity (Wildman–Crippen MR) is 61.9 cm³/mol. The van der Waals surface area contributed by atoms with E-state index in [1.807, 2.05) is 6.92 Å². The van der Waals surface area contributed by atoms with Crippen LogP contribution in [0.4, 0.5) is 0 Å². The number of rotatable bonds is 3. The summed E-state index contributed by atoms with van der Waals surface area (Å²) in [5, 5.41) is 28.3. The Morgan fingerprint density at radius 2 is 2.06 bits per heavy atom. The van der Waals surface area contributed by atoms with Gasteiger partial charge in [0.15, 0.2) is 6.29 Å². The Balaban J connectivity index is 1.82. The summed E-state index contributed by atoms with van der Waals surface area (Å²) in [5.41, 5.74) is 0. The van der Waals surface area contributed by atoms with Crippen LogP contribution in [0.25, 0.3) is 0 Å². The fourth-order valence-corrected chi connectivity index (χ4v) is 2.33. The molecule has 6 atom stereocenters. The molecule has 18 heavy (non-hydrogen) atoms. The van der Waals surface area contributed by atoms with Gasteiger partial charge in [-0.1, -0.05) is 0 Å². The Labute approximate surface area is 106 Å². The highest BCUT2D eigenvalue weighted by Crippen LogP contribution is 2.24. The maximum Gasteiger partial charge on any atom is 0.161 e. The molecule has 0 aromatic carbocycles. The van der Waals surface area contributed by atoms with Gasteiger partial charge in [-0.25, -0.2) is 0 Å². The van der Waals surface area contributed by atoms with Gasteiger partial charge < -0.3 is 29.5 Å². The average Bonchev–Trinajstić information content (AvgIpc) is 2.36. The Kier molecular flexibility index (Phi) is 4.94. The van der Waals surface area contributed by atoms with E-state index < -0.39 is 24.6 Å². The normalized spacial score (nSPS) is 46.0. The second kappa shape index (κ2) is 6.27. The maximum absolute atomic E-state index is 9.67. The summed E-state index contributed by atoms with van der Waals surface area (Å²) >= 11 is 0. The molecule has 0 aromatic rings. The van der Waals surface area contributed by atoms with Crippen molar-refractivity contribution in [2.45, 2.75) is 63.0 Å². The molecule has 0 radical (unpaired) electrons. The van der Waals surface area contributed by atoms with Gasteiger partial charge in [0.2, 0.25) is 0 Å². The molecule has 0 bridgehead atoms. The molecular formula is C12H22O6. The average molecular weight is 262 g/mol. The predicted octanol–water partition coefficient (Wildman–Crippen LogP) is -0.600. The van der Waals surface area contributed by atoms with Gasteiger partial charge in [0.05, 0.1) is 31.5 Å². The summed E-state index contributed by atoms with van der Waals surface area (Å²) in [6, 6.07) is 0. The molecule has 2 heterocycles. The fraction of sp³-hybridized carbons (Fsp3) is 1.00. The van der Waals surface area contributed by atoms with E-state index in [2.05, 4.69) is 0 Å². The van der Waals surface area contributed by atoms with Crippen LogP contribution in [-0.2, 0) is 14.2 Å². The highest BCUT2D eigenvalue weighted by Gasteiger charge is 2.38. The molecule has 2 rings (SSSR count). The summed E-state index contributed by atoms with van der Waals surface area (Å²) in [5.74, 6) is 0. The monoisotopic (exact) mass is 262 g/mol. The molecule has 2 saturated heterocycles. The van der Waals surface area contributed by atoms with Gasteiger partial charge >= 0.3 is 0 Å². The first kappa shape index (κ1) is 14.2. The number of ether oxygens (including phenoxy) is 3. The summed E-state index contributed by atoms with van der Waals surface area (Å²) < 4.78 is 16.6. The van der Waals surface area contributed by atoms with Gasteiger partial charge in [0.1, 0.15) is 12.2 Å². The lowest BCUT2D eigenvalue weighted by atomic mass is 10.0. The summed E-state index contributed by atoms with van der Waals surface area (Å²) in [7, 11) is 0. The van der Waals surface area contributed by atoms with E-state index >= 15 is 0 Å². The zero-order valence-corrected chi connectivity index (χ0v) is 10.6. The molecule has 0 spiro atoms. The smallest absolute Gasteiger partial charge is 0.161 e. The van der Waals surface area contributed by atoms with Crippen molar-refractivity contribution in [1.82, 2.24) is 0 Å². The SMILES string of the molecule is CC1CC[C@H](OC2C[C@@H](O)[C@H](O)[C@@H](CO)O2)CO1. The third kappa shape index (κ3) is 3.40. The van der Waals surface area contributed by atoms with Crippen molar-refractivity contribution < 1.29 is 29.5 Å². The Hall–Kier alpha value is -0.240. The quantitative estimate of drug-likeness (QED) is 0.629. The van der Waals surface area contributed by atoms with Crippen LogP contribution in [0.15, 0.2) is 0 Å². The second-order valence-electron chi connectivity index (χ2n) is 5.06. The zero-order valence-electron chi connectivity index (χ0n) is 10.6. The van der Waals surface area contributed by atoms with Crippen molar-refractivity contribution in [3.8, 4) is 0 Å². The molecule has 0 aromatic heterocycles. The molecule has 6 heteroatoms. The van der Waals surface area contributed by atoms with Crippen molar-refractivity contribution in [3.05, 3.63) is 0 Å². The minimum Gasteiger partial charge on any atom is -0.394 e. The maximum atomic E-state index is 9.67. The van der Waals surface area contributed by atoms with Crippen LogP contribution in [0.1, 0.15) is 26.2 Å². The molecule has 2 aliphatic rings. The van der Waals surface area contributed by atoms with Gasteiger partial charge in [-0.15, -0.1) is 0 Å². The number of hydrogen-bond acceptors (Lipinski definition) is 6. The highest BCUT2D eigenvalue weighted by atomic mass is 16.7. The lowest BCUT2D eigenvalue weighted by Crippen LogP contribution is -2.51. The van der Waals surface area contributed by atoms with E-state index in [9.17, 15) is 10.2 Å². The van der Waals surface area contributed by atoms with Crippen molar-refractivity contribution >= 4 is 0 Å². The molecule has 6 nitrogen and oxygen atoms in total. The van der Waals surface area contributed by atoms with Crippen molar-refractivity contribution in [3.63, 3.8) is 0 Å². The summed E-state index contributed by atoms with van der Waals surface area (Å²) in [6.07, 6.45) is -1.12. The summed E-state index contributed by atoms with van der Waals surface area (Å²) in [4.78, 5) is 0. The van der Waals surface area contributed by atoms with Crippen molar-refractivity contribution in [1.29, 1.82) is 0 Å². The van der Waals surface area contributed by atoms with Gasteiger partial charge in [0, 0.05) is 6.42 Å². The first-order valence-corrected chi connectivity index (χ1v) is 6.49. The van der Waals surface area contributed by atoms with Crippen LogP contribution in [0.2, 0.25) is 0 Å². The molecule has 0 saturated carbocycles. The third-order valence-electron chi connectivity index (χ3n) is 3.52. The van der Waals surface area contributed by atoms with E-state index in [0.29, 0.717) is 6.61 Å². The Bertz CT molecular complexity index is 253. The van der Waals surface area contributed by atoms with Crippen molar-refractivity contribution in [2.24, 2.45) is 0 Å². The van der Waals surface area contributed by atoms with Crippen LogP contribution in [0.5, 0.6) is 0 Å². The van der Waals surface area contributed by atoms with Crippen LogP contribution >= 0.6 is 0 Å². The number of aliphatic hydroxyl groups excluding tert-OH is 3. The Morgan fingerprint density at radius 3 is 2.67 bits per heavy atom. The van der Waals surface area contributed by atoms with Crippen LogP contribution in [0.3, 0.4) is 0 Å². The van der Waals surface area contributed by atoms with Gasteiger partial charge in [-0.2, -0.15) is 0 Å². The lowest BCUT2D eigenvalue weighted by Gasteiger charge is -2.38. The fourth-order valence-electron chi connectivity index (χ4n) is 2.33. The van der Waals surface area contributed by atoms with E-state index in [1.165, 1.54) is 0 Å². The molecule has 3 N–H and O–H groups in total. The molecule has 0 amide bonds. The Morgan fingerprint density at radius 1 is 1.28 bits per heavy atom. The minimum absolute atomic E-state index is 0.0482. The molecular weight excluding hydrogens is 240 g/mol. The van der Waals surface area contributed by atoms with E-state index in [1.54, 1.807) is 0 Å². The molecule has 2 aliphatic heterocycles. The largest absolute Gasteiger partial charge is 0.394 e. The van der Waals surface area contributed by atoms with Crippen molar-refractivity contribution in [2.75, 3.05) is 13.2 Å². The first-order chi connectivity index (χ1) is 8.60. The molecule has 0 aliphatic carbocycles. The molecule has 2 fully saturated rings. The first-order valence-electron chi connectivity index (χ1n) is 6.49. The van der Waals surface area contributed by atoms with E-state index in [4.69, 9.17) is 19.3 Å². The zero-order chi connectivity index (χ0) is 13.1. The minimum atomic E-state index is -1.06. The van der Waals surface area contributed by atoms with E-state index in [-0.39, 0.29) is 25.2 Å². The van der Waals surface area contributed by atoms with Gasteiger partial charge in [-0.3, -0.25) is 0 Å². The van der Waals surface area contributed by atoms with Crippen LogP contribution < -0.4 is 0 Å². The topological polar surface area (TPSA) is 88.4 Å². The third-order valence-corrected chi connectivity index (χ3v) is 3.52. The lowest BCUT2D eigenvalue weighted by molar-refractivity contribution is -0.278. The van der Waals surface area contributed by atoms with Gasteiger partial charge in [0.25, 0.3) is 0 Å². The van der Waals surface area contributed by atoms with E-state index in [0.717, 1.165) is 12.8 Å². The number of aliphatic hydroxyl groups is 3. The standard InChI is InChI=1S/C12H22O6/c1-7-2-3-8(6-16-7)17-11-4-9(14)12(15)10(5-13)18-11/h7-15H,2-6H2,1H3/t7?,8-,9+,10+,11?,12-/m0/s1.